The van der Waals surface area contributed by atoms with Gasteiger partial charge in [0.2, 0.25) is 5.91 Å². The molecule has 1 amide bonds. The molecule has 1 fully saturated rings. The van der Waals surface area contributed by atoms with Crippen molar-refractivity contribution in [2.75, 3.05) is 13.6 Å². The van der Waals surface area contributed by atoms with Crippen molar-refractivity contribution >= 4 is 5.91 Å². The Kier molecular flexibility index (Phi) is 3.20. The summed E-state index contributed by atoms with van der Waals surface area (Å²) in [7, 11) is 1.85. The maximum absolute atomic E-state index is 11.9. The topological polar surface area (TPSA) is 46.3 Å². The van der Waals surface area contributed by atoms with Crippen LogP contribution in [0, 0.1) is 11.3 Å². The quantitative estimate of drug-likeness (QED) is 0.741. The molecule has 0 aromatic heterocycles. The van der Waals surface area contributed by atoms with Gasteiger partial charge in [0.15, 0.2) is 0 Å². The smallest absolute Gasteiger partial charge is 0.239 e. The molecule has 1 rings (SSSR count). The Balaban J connectivity index is 2.45. The van der Waals surface area contributed by atoms with Crippen LogP contribution in [-0.2, 0) is 4.79 Å². The number of nitrogens with two attached hydrogens (primary N) is 1. The van der Waals surface area contributed by atoms with Crippen LogP contribution in [0.15, 0.2) is 0 Å². The summed E-state index contributed by atoms with van der Waals surface area (Å²) in [4.78, 5) is 13.6. The lowest BCUT2D eigenvalue weighted by Gasteiger charge is -2.30. The maximum atomic E-state index is 11.9. The third-order valence-corrected chi connectivity index (χ3v) is 2.80. The highest BCUT2D eigenvalue weighted by atomic mass is 16.2. The Hall–Kier alpha value is -0.570. The van der Waals surface area contributed by atoms with E-state index in [9.17, 15) is 4.79 Å². The van der Waals surface area contributed by atoms with Gasteiger partial charge in [-0.2, -0.15) is 0 Å². The second-order valence-electron chi connectivity index (χ2n) is 5.51. The monoisotopic (exact) mass is 198 g/mol. The number of hydrogen-bond donors (Lipinski definition) is 1. The fraction of sp³-hybridized carbons (Fsp3) is 0.909. The molecule has 0 unspecified atom stereocenters. The van der Waals surface area contributed by atoms with Crippen molar-refractivity contribution in [1.29, 1.82) is 0 Å². The van der Waals surface area contributed by atoms with Crippen molar-refractivity contribution in [2.24, 2.45) is 17.1 Å². The highest BCUT2D eigenvalue weighted by molar-refractivity contribution is 5.82. The van der Waals surface area contributed by atoms with E-state index in [1.165, 1.54) is 12.8 Å². The van der Waals surface area contributed by atoms with E-state index in [1.807, 2.05) is 27.8 Å². The molecule has 0 spiro atoms. The van der Waals surface area contributed by atoms with Gasteiger partial charge in [-0.25, -0.2) is 0 Å². The molecule has 0 aliphatic heterocycles. The lowest BCUT2D eigenvalue weighted by atomic mass is 9.86. The average Bonchev–Trinajstić information content (AvgIpc) is 2.83. The van der Waals surface area contributed by atoms with Crippen LogP contribution in [0.25, 0.3) is 0 Å². The highest BCUT2D eigenvalue weighted by Gasteiger charge is 2.32. The Morgan fingerprint density at radius 1 is 1.50 bits per heavy atom. The Bertz CT molecular complexity index is 216. The van der Waals surface area contributed by atoms with Gasteiger partial charge in [0.1, 0.15) is 0 Å². The predicted octanol–water partition coefficient (Wildman–Crippen LogP) is 1.23. The molecule has 0 radical (unpaired) electrons. The van der Waals surface area contributed by atoms with Crippen LogP contribution in [0.4, 0.5) is 0 Å². The van der Waals surface area contributed by atoms with Gasteiger partial charge >= 0.3 is 0 Å². The fourth-order valence-corrected chi connectivity index (χ4v) is 1.39. The molecular weight excluding hydrogens is 176 g/mol. The van der Waals surface area contributed by atoms with Crippen LogP contribution in [0.1, 0.15) is 33.6 Å². The molecule has 3 nitrogen and oxygen atoms in total. The van der Waals surface area contributed by atoms with Crippen molar-refractivity contribution in [1.82, 2.24) is 4.90 Å². The Morgan fingerprint density at radius 2 is 2.00 bits per heavy atom. The van der Waals surface area contributed by atoms with Gasteiger partial charge in [-0.05, 0) is 24.2 Å². The van der Waals surface area contributed by atoms with Crippen LogP contribution in [0.3, 0.4) is 0 Å². The Morgan fingerprint density at radius 3 is 2.36 bits per heavy atom. The van der Waals surface area contributed by atoms with Crippen LogP contribution < -0.4 is 5.73 Å². The Labute approximate surface area is 86.6 Å². The highest BCUT2D eigenvalue weighted by Crippen LogP contribution is 2.30. The molecule has 0 aromatic rings. The summed E-state index contributed by atoms with van der Waals surface area (Å²) < 4.78 is 0. The third-order valence-electron chi connectivity index (χ3n) is 2.80. The lowest BCUT2D eigenvalue weighted by Crippen LogP contribution is -2.49. The normalized spacial score (nSPS) is 19.2. The molecule has 14 heavy (non-hydrogen) atoms. The zero-order chi connectivity index (χ0) is 10.9. The molecule has 0 saturated heterocycles. The van der Waals surface area contributed by atoms with E-state index in [0.29, 0.717) is 0 Å². The predicted molar refractivity (Wildman–Crippen MR) is 57.8 cm³/mol. The summed E-state index contributed by atoms with van der Waals surface area (Å²) in [6, 6.07) is -0.383. The average molecular weight is 198 g/mol. The minimum atomic E-state index is -0.383. The second-order valence-corrected chi connectivity index (χ2v) is 5.51. The molecule has 1 saturated carbocycles. The van der Waals surface area contributed by atoms with E-state index in [-0.39, 0.29) is 17.4 Å². The number of carbonyl (C=O) groups is 1. The van der Waals surface area contributed by atoms with E-state index in [0.717, 1.165) is 12.5 Å². The zero-order valence-corrected chi connectivity index (χ0v) is 9.71. The minimum absolute atomic E-state index is 0.0735. The molecule has 0 aromatic carbocycles. The zero-order valence-electron chi connectivity index (χ0n) is 9.71. The maximum Gasteiger partial charge on any atom is 0.239 e. The molecule has 0 heterocycles. The van der Waals surface area contributed by atoms with Crippen LogP contribution in [-0.4, -0.2) is 30.4 Å². The summed E-state index contributed by atoms with van der Waals surface area (Å²) in [5, 5.41) is 0. The molecule has 0 bridgehead atoms. The first-order valence-electron chi connectivity index (χ1n) is 5.33. The van der Waals surface area contributed by atoms with Crippen LogP contribution in [0.2, 0.25) is 0 Å². The first-order valence-corrected chi connectivity index (χ1v) is 5.33. The minimum Gasteiger partial charge on any atom is -0.344 e. The van der Waals surface area contributed by atoms with Gasteiger partial charge in [-0.3, -0.25) is 4.79 Å². The van der Waals surface area contributed by atoms with E-state index in [1.54, 1.807) is 4.90 Å². The third kappa shape index (κ3) is 2.98. The standard InChI is InChI=1S/C11H22N2O/c1-11(2,3)9(12)10(14)13(4)7-8-5-6-8/h8-9H,5-7,12H2,1-4H3/t9-/m1/s1. The molecule has 1 aliphatic carbocycles. The summed E-state index contributed by atoms with van der Waals surface area (Å²) in [5.41, 5.74) is 5.76. The first kappa shape index (κ1) is 11.5. The van der Waals surface area contributed by atoms with E-state index in [4.69, 9.17) is 5.73 Å². The van der Waals surface area contributed by atoms with E-state index >= 15 is 0 Å². The summed E-state index contributed by atoms with van der Waals surface area (Å²) in [6.07, 6.45) is 2.53. The van der Waals surface area contributed by atoms with Gasteiger partial charge < -0.3 is 10.6 Å². The van der Waals surface area contributed by atoms with Crippen molar-refractivity contribution in [3.8, 4) is 0 Å². The van der Waals surface area contributed by atoms with Crippen molar-refractivity contribution in [3.63, 3.8) is 0 Å². The molecule has 3 heteroatoms. The number of likely N-dealkylation sites (N-methyl/N-ethyl adjacent to an activating group) is 1. The number of hydrogen-bond acceptors (Lipinski definition) is 2. The number of nitrogens with zero attached hydrogens (tertiary/aromatic N) is 1. The van der Waals surface area contributed by atoms with Gasteiger partial charge in [-0.1, -0.05) is 20.8 Å². The summed E-state index contributed by atoms with van der Waals surface area (Å²) in [5.74, 6) is 0.806. The molecule has 82 valence electrons. The van der Waals surface area contributed by atoms with Crippen molar-refractivity contribution in [3.05, 3.63) is 0 Å². The number of rotatable bonds is 3. The number of amides is 1. The van der Waals surface area contributed by atoms with Crippen LogP contribution in [0.5, 0.6) is 0 Å². The lowest BCUT2D eigenvalue weighted by molar-refractivity contribution is -0.133. The van der Waals surface area contributed by atoms with Gasteiger partial charge in [-0.15, -0.1) is 0 Å². The van der Waals surface area contributed by atoms with Gasteiger partial charge in [0.05, 0.1) is 6.04 Å². The van der Waals surface area contributed by atoms with E-state index in [2.05, 4.69) is 0 Å². The molecular formula is C11H22N2O. The largest absolute Gasteiger partial charge is 0.344 e. The second kappa shape index (κ2) is 3.89. The van der Waals surface area contributed by atoms with Gasteiger partial charge in [0.25, 0.3) is 0 Å². The summed E-state index contributed by atoms with van der Waals surface area (Å²) >= 11 is 0. The fourth-order valence-electron chi connectivity index (χ4n) is 1.39. The van der Waals surface area contributed by atoms with Crippen molar-refractivity contribution < 1.29 is 4.79 Å². The molecule has 1 aliphatic rings. The van der Waals surface area contributed by atoms with Crippen LogP contribution >= 0.6 is 0 Å². The van der Waals surface area contributed by atoms with E-state index < -0.39 is 0 Å². The number of carbonyl (C=O) groups excluding carboxylic acids is 1. The SMILES string of the molecule is CN(CC1CC1)C(=O)[C@@H](N)C(C)(C)C. The molecule has 1 atom stereocenters. The van der Waals surface area contributed by atoms with Gasteiger partial charge in [0, 0.05) is 13.6 Å². The molecule has 2 N–H and O–H groups in total. The summed E-state index contributed by atoms with van der Waals surface area (Å²) in [6.45, 7) is 6.88. The van der Waals surface area contributed by atoms with Crippen molar-refractivity contribution in [2.45, 2.75) is 39.7 Å². The first-order chi connectivity index (χ1) is 6.32.